The monoisotopic (exact) mass is 209 g/mol. The zero-order valence-electron chi connectivity index (χ0n) is 8.70. The van der Waals surface area contributed by atoms with E-state index in [4.69, 9.17) is 10.5 Å². The summed E-state index contributed by atoms with van der Waals surface area (Å²) in [5, 5.41) is 0. The minimum Gasteiger partial charge on any atom is -0.475 e. The maximum absolute atomic E-state index is 5.89. The minimum atomic E-state index is -0.159. The molecule has 0 saturated carbocycles. The van der Waals surface area contributed by atoms with E-state index in [-0.39, 0.29) is 11.0 Å². The molecule has 0 aromatic heterocycles. The van der Waals surface area contributed by atoms with Crippen molar-refractivity contribution in [3.05, 3.63) is 23.8 Å². The Morgan fingerprint density at radius 3 is 2.79 bits per heavy atom. The van der Waals surface area contributed by atoms with Gasteiger partial charge in [-0.2, -0.15) is 0 Å². The number of para-hydroxylation sites is 1. The second kappa shape index (κ2) is 3.17. The second-order valence-electron chi connectivity index (χ2n) is 4.07. The van der Waals surface area contributed by atoms with Crippen LogP contribution in [-0.2, 0) is 0 Å². The van der Waals surface area contributed by atoms with Gasteiger partial charge in [-0.1, -0.05) is 23.9 Å². The maximum atomic E-state index is 5.89. The SMILES string of the molecule is CC(N)c1cccc2c1OC(C)(C)S2. The van der Waals surface area contributed by atoms with E-state index in [0.29, 0.717) is 0 Å². The lowest BCUT2D eigenvalue weighted by atomic mass is 10.1. The number of benzene rings is 1. The summed E-state index contributed by atoms with van der Waals surface area (Å²) in [5.74, 6) is 0.970. The summed E-state index contributed by atoms with van der Waals surface area (Å²) >= 11 is 1.75. The minimum absolute atomic E-state index is 0.0273. The van der Waals surface area contributed by atoms with Crippen LogP contribution in [0.4, 0.5) is 0 Å². The van der Waals surface area contributed by atoms with Crippen LogP contribution in [0, 0.1) is 0 Å². The predicted molar refractivity (Wildman–Crippen MR) is 59.6 cm³/mol. The number of fused-ring (bicyclic) bond motifs is 1. The lowest BCUT2D eigenvalue weighted by molar-refractivity contribution is 0.212. The summed E-state index contributed by atoms with van der Waals surface area (Å²) in [4.78, 5) is 1.04. The molecule has 1 aliphatic rings. The van der Waals surface area contributed by atoms with Gasteiger partial charge in [-0.25, -0.2) is 0 Å². The van der Waals surface area contributed by atoms with Crippen LogP contribution in [0.1, 0.15) is 32.4 Å². The fourth-order valence-corrected chi connectivity index (χ4v) is 2.67. The Labute approximate surface area is 88.8 Å². The molecule has 1 aliphatic heterocycles. The maximum Gasteiger partial charge on any atom is 0.153 e. The topological polar surface area (TPSA) is 35.2 Å². The van der Waals surface area contributed by atoms with Crippen molar-refractivity contribution in [2.24, 2.45) is 5.73 Å². The number of hydrogen-bond acceptors (Lipinski definition) is 3. The molecule has 1 heterocycles. The quantitative estimate of drug-likeness (QED) is 0.772. The molecular formula is C11H15NOS. The number of hydrogen-bond donors (Lipinski definition) is 1. The average molecular weight is 209 g/mol. The molecule has 0 radical (unpaired) electrons. The smallest absolute Gasteiger partial charge is 0.153 e. The Morgan fingerprint density at radius 2 is 2.14 bits per heavy atom. The van der Waals surface area contributed by atoms with Crippen LogP contribution in [0.25, 0.3) is 0 Å². The summed E-state index contributed by atoms with van der Waals surface area (Å²) in [6.45, 7) is 6.13. The molecular weight excluding hydrogens is 194 g/mol. The molecule has 2 nitrogen and oxygen atoms in total. The highest BCUT2D eigenvalue weighted by molar-refractivity contribution is 8.00. The molecule has 76 valence electrons. The Balaban J connectivity index is 2.46. The third-order valence-corrected chi connectivity index (χ3v) is 3.32. The van der Waals surface area contributed by atoms with E-state index in [9.17, 15) is 0 Å². The number of nitrogens with two attached hydrogens (primary N) is 1. The van der Waals surface area contributed by atoms with Crippen LogP contribution in [0.2, 0.25) is 0 Å². The first-order valence-electron chi connectivity index (χ1n) is 4.76. The highest BCUT2D eigenvalue weighted by atomic mass is 32.2. The lowest BCUT2D eigenvalue weighted by Gasteiger charge is -2.17. The molecule has 0 amide bonds. The molecule has 0 bridgehead atoms. The highest BCUT2D eigenvalue weighted by Gasteiger charge is 2.32. The Kier molecular flexibility index (Phi) is 2.24. The standard InChI is InChI=1S/C11H15NOS/c1-7(12)8-5-4-6-9-10(8)13-11(2,3)14-9/h4-7H,12H2,1-3H3. The van der Waals surface area contributed by atoms with Crippen LogP contribution in [0.5, 0.6) is 5.75 Å². The van der Waals surface area contributed by atoms with E-state index in [2.05, 4.69) is 19.9 Å². The third kappa shape index (κ3) is 1.62. The van der Waals surface area contributed by atoms with Gasteiger partial charge in [-0.15, -0.1) is 0 Å². The molecule has 1 aromatic rings. The Morgan fingerprint density at radius 1 is 1.43 bits per heavy atom. The molecule has 1 atom stereocenters. The summed E-state index contributed by atoms with van der Waals surface area (Å²) < 4.78 is 5.87. The van der Waals surface area contributed by atoms with Crippen LogP contribution in [0.15, 0.2) is 23.1 Å². The molecule has 3 heteroatoms. The molecule has 0 spiro atoms. The van der Waals surface area contributed by atoms with Crippen molar-refractivity contribution in [1.82, 2.24) is 0 Å². The zero-order chi connectivity index (χ0) is 10.3. The van der Waals surface area contributed by atoms with Crippen molar-refractivity contribution >= 4 is 11.8 Å². The molecule has 2 rings (SSSR count). The van der Waals surface area contributed by atoms with Crippen molar-refractivity contribution in [2.75, 3.05) is 0 Å². The third-order valence-electron chi connectivity index (χ3n) is 2.20. The van der Waals surface area contributed by atoms with Crippen molar-refractivity contribution in [1.29, 1.82) is 0 Å². The van der Waals surface area contributed by atoms with Gasteiger partial charge in [0, 0.05) is 11.6 Å². The predicted octanol–water partition coefficient (Wildman–Crippen LogP) is 2.93. The zero-order valence-corrected chi connectivity index (χ0v) is 9.52. The molecule has 1 aromatic carbocycles. The molecule has 0 aliphatic carbocycles. The normalized spacial score (nSPS) is 20.0. The first kappa shape index (κ1) is 9.87. The van der Waals surface area contributed by atoms with Crippen LogP contribution in [0.3, 0.4) is 0 Å². The van der Waals surface area contributed by atoms with E-state index in [1.54, 1.807) is 11.8 Å². The summed E-state index contributed by atoms with van der Waals surface area (Å²) in [7, 11) is 0. The summed E-state index contributed by atoms with van der Waals surface area (Å²) in [5.41, 5.74) is 6.98. The number of ether oxygens (including phenoxy) is 1. The van der Waals surface area contributed by atoms with Gasteiger partial charge in [0.15, 0.2) is 4.93 Å². The van der Waals surface area contributed by atoms with E-state index >= 15 is 0 Å². The van der Waals surface area contributed by atoms with Crippen LogP contribution in [-0.4, -0.2) is 4.93 Å². The van der Waals surface area contributed by atoms with Gasteiger partial charge in [0.25, 0.3) is 0 Å². The van der Waals surface area contributed by atoms with E-state index in [0.717, 1.165) is 11.3 Å². The van der Waals surface area contributed by atoms with Gasteiger partial charge in [0.2, 0.25) is 0 Å². The van der Waals surface area contributed by atoms with Gasteiger partial charge in [0.05, 0.1) is 4.90 Å². The lowest BCUT2D eigenvalue weighted by Crippen LogP contribution is -2.19. The van der Waals surface area contributed by atoms with Crippen molar-refractivity contribution in [3.8, 4) is 5.75 Å². The van der Waals surface area contributed by atoms with E-state index in [1.165, 1.54) is 4.90 Å². The average Bonchev–Trinajstić information content (AvgIpc) is 2.36. The fourth-order valence-electron chi connectivity index (χ4n) is 1.61. The Bertz CT molecular complexity index is 360. The van der Waals surface area contributed by atoms with Crippen molar-refractivity contribution < 1.29 is 4.74 Å². The molecule has 1 unspecified atom stereocenters. The highest BCUT2D eigenvalue weighted by Crippen LogP contribution is 2.49. The van der Waals surface area contributed by atoms with E-state index in [1.807, 2.05) is 19.1 Å². The first-order chi connectivity index (χ1) is 6.49. The van der Waals surface area contributed by atoms with Crippen LogP contribution < -0.4 is 10.5 Å². The summed E-state index contributed by atoms with van der Waals surface area (Å²) in [6.07, 6.45) is 0. The molecule has 14 heavy (non-hydrogen) atoms. The van der Waals surface area contributed by atoms with Crippen molar-refractivity contribution in [3.63, 3.8) is 0 Å². The van der Waals surface area contributed by atoms with Gasteiger partial charge in [-0.05, 0) is 26.8 Å². The Hall–Kier alpha value is -0.670. The number of rotatable bonds is 1. The number of thioether (sulfide) groups is 1. The second-order valence-corrected chi connectivity index (χ2v) is 5.69. The first-order valence-corrected chi connectivity index (χ1v) is 5.58. The largest absolute Gasteiger partial charge is 0.475 e. The fraction of sp³-hybridized carbons (Fsp3) is 0.455. The summed E-state index contributed by atoms with van der Waals surface area (Å²) in [6, 6.07) is 6.18. The van der Waals surface area contributed by atoms with Gasteiger partial charge < -0.3 is 10.5 Å². The van der Waals surface area contributed by atoms with Gasteiger partial charge in [0.1, 0.15) is 5.75 Å². The van der Waals surface area contributed by atoms with Crippen LogP contribution >= 0.6 is 11.8 Å². The molecule has 2 N–H and O–H groups in total. The van der Waals surface area contributed by atoms with Crippen molar-refractivity contribution in [2.45, 2.75) is 36.6 Å². The van der Waals surface area contributed by atoms with Gasteiger partial charge >= 0.3 is 0 Å². The van der Waals surface area contributed by atoms with Gasteiger partial charge in [-0.3, -0.25) is 0 Å². The molecule has 0 saturated heterocycles. The molecule has 0 fully saturated rings. The van der Waals surface area contributed by atoms with E-state index < -0.39 is 0 Å².